The van der Waals surface area contributed by atoms with E-state index in [1.165, 1.54) is 0 Å². The molecule has 1 heterocycles. The first-order valence-electron chi connectivity index (χ1n) is 5.59. The minimum absolute atomic E-state index is 0.115. The van der Waals surface area contributed by atoms with Crippen LogP contribution in [0.1, 0.15) is 54.2 Å². The third kappa shape index (κ3) is 2.62. The molecular formula is C11H13F2NO3. The third-order valence-corrected chi connectivity index (χ3v) is 3.04. The molecule has 1 aromatic rings. The molecule has 4 nitrogen and oxygen atoms in total. The number of carboxylic acids is 1. The molecule has 0 spiro atoms. The molecule has 2 rings (SSSR count). The molecule has 0 saturated heterocycles. The third-order valence-electron chi connectivity index (χ3n) is 3.04. The lowest BCUT2D eigenvalue weighted by Crippen LogP contribution is -2.00. The van der Waals surface area contributed by atoms with Crippen molar-refractivity contribution in [2.24, 2.45) is 5.92 Å². The van der Waals surface area contributed by atoms with Crippen LogP contribution in [0.25, 0.3) is 0 Å². The lowest BCUT2D eigenvalue weighted by molar-refractivity contribution is 0.0644. The van der Waals surface area contributed by atoms with Gasteiger partial charge in [0.25, 0.3) is 6.43 Å². The van der Waals surface area contributed by atoms with Gasteiger partial charge in [0, 0.05) is 6.42 Å². The van der Waals surface area contributed by atoms with Gasteiger partial charge < -0.3 is 9.52 Å². The summed E-state index contributed by atoms with van der Waals surface area (Å²) in [4.78, 5) is 14.3. The van der Waals surface area contributed by atoms with E-state index in [0.717, 1.165) is 25.7 Å². The standard InChI is InChI=1S/C11H13F2NO3/c12-10(13)8-9(11(15)16)17-7(14-8)5-6-3-1-2-4-6/h6,10H,1-5H2,(H,15,16). The zero-order chi connectivity index (χ0) is 12.4. The van der Waals surface area contributed by atoms with E-state index in [0.29, 0.717) is 12.3 Å². The van der Waals surface area contributed by atoms with E-state index in [4.69, 9.17) is 9.52 Å². The Kier molecular flexibility index (Phi) is 3.40. The van der Waals surface area contributed by atoms with Gasteiger partial charge in [-0.1, -0.05) is 12.8 Å². The smallest absolute Gasteiger partial charge is 0.374 e. The van der Waals surface area contributed by atoms with E-state index in [1.54, 1.807) is 0 Å². The van der Waals surface area contributed by atoms with Crippen LogP contribution in [0.2, 0.25) is 0 Å². The van der Waals surface area contributed by atoms with Gasteiger partial charge in [-0.25, -0.2) is 18.6 Å². The first-order chi connectivity index (χ1) is 8.08. The average molecular weight is 245 g/mol. The summed E-state index contributed by atoms with van der Waals surface area (Å²) in [5.74, 6) is -1.73. The van der Waals surface area contributed by atoms with Gasteiger partial charge in [0.2, 0.25) is 5.76 Å². The van der Waals surface area contributed by atoms with Crippen LogP contribution in [0.4, 0.5) is 8.78 Å². The fourth-order valence-electron chi connectivity index (χ4n) is 2.23. The maximum absolute atomic E-state index is 12.5. The molecule has 0 unspecified atom stereocenters. The maximum atomic E-state index is 12.5. The highest BCUT2D eigenvalue weighted by Gasteiger charge is 2.27. The van der Waals surface area contributed by atoms with Crippen molar-refractivity contribution >= 4 is 5.97 Å². The summed E-state index contributed by atoms with van der Waals surface area (Å²) < 4.78 is 30.0. The maximum Gasteiger partial charge on any atom is 0.374 e. The van der Waals surface area contributed by atoms with Crippen LogP contribution in [-0.4, -0.2) is 16.1 Å². The molecule has 0 aliphatic heterocycles. The number of aromatic nitrogens is 1. The molecule has 1 aliphatic carbocycles. The molecular weight excluding hydrogens is 232 g/mol. The average Bonchev–Trinajstić information content (AvgIpc) is 2.86. The van der Waals surface area contributed by atoms with Gasteiger partial charge in [-0.3, -0.25) is 0 Å². The van der Waals surface area contributed by atoms with E-state index in [-0.39, 0.29) is 5.89 Å². The zero-order valence-corrected chi connectivity index (χ0v) is 9.16. The van der Waals surface area contributed by atoms with Crippen molar-refractivity contribution < 1.29 is 23.1 Å². The summed E-state index contributed by atoms with van der Waals surface area (Å²) >= 11 is 0. The summed E-state index contributed by atoms with van der Waals surface area (Å²) in [7, 11) is 0. The zero-order valence-electron chi connectivity index (χ0n) is 9.16. The van der Waals surface area contributed by atoms with Crippen LogP contribution in [-0.2, 0) is 6.42 Å². The SMILES string of the molecule is O=C(O)c1oc(CC2CCCC2)nc1C(F)F. The molecule has 0 aromatic carbocycles. The van der Waals surface area contributed by atoms with E-state index < -0.39 is 23.8 Å². The number of alkyl halides is 2. The highest BCUT2D eigenvalue weighted by molar-refractivity contribution is 5.85. The number of aromatic carboxylic acids is 1. The van der Waals surface area contributed by atoms with Gasteiger partial charge in [0.15, 0.2) is 11.6 Å². The van der Waals surface area contributed by atoms with Gasteiger partial charge in [-0.05, 0) is 18.8 Å². The van der Waals surface area contributed by atoms with Crippen molar-refractivity contribution in [1.29, 1.82) is 0 Å². The van der Waals surface area contributed by atoms with Crippen LogP contribution in [0.5, 0.6) is 0 Å². The second-order valence-corrected chi connectivity index (χ2v) is 4.28. The summed E-state index contributed by atoms with van der Waals surface area (Å²) in [6.07, 6.45) is 1.83. The Morgan fingerprint density at radius 3 is 2.59 bits per heavy atom. The number of rotatable bonds is 4. The lowest BCUT2D eigenvalue weighted by Gasteiger charge is -2.03. The van der Waals surface area contributed by atoms with Crippen molar-refractivity contribution in [3.8, 4) is 0 Å². The Morgan fingerprint density at radius 1 is 1.47 bits per heavy atom. The second kappa shape index (κ2) is 4.81. The first kappa shape index (κ1) is 12.0. The van der Waals surface area contributed by atoms with Crippen LogP contribution in [0, 0.1) is 5.92 Å². The van der Waals surface area contributed by atoms with Crippen LogP contribution < -0.4 is 0 Å². The molecule has 0 atom stereocenters. The number of hydrogen-bond acceptors (Lipinski definition) is 3. The van der Waals surface area contributed by atoms with E-state index in [1.807, 2.05) is 0 Å². The molecule has 1 fully saturated rings. The van der Waals surface area contributed by atoms with Crippen molar-refractivity contribution in [1.82, 2.24) is 4.98 Å². The number of oxazole rings is 1. The number of halogens is 2. The van der Waals surface area contributed by atoms with Gasteiger partial charge in [-0.2, -0.15) is 0 Å². The van der Waals surface area contributed by atoms with E-state index >= 15 is 0 Å². The number of carbonyl (C=O) groups is 1. The number of carboxylic acid groups (broad SMARTS) is 1. The Labute approximate surface area is 96.6 Å². The first-order valence-corrected chi connectivity index (χ1v) is 5.59. The molecule has 0 bridgehead atoms. The summed E-state index contributed by atoms with van der Waals surface area (Å²) in [5, 5.41) is 8.72. The summed E-state index contributed by atoms with van der Waals surface area (Å²) in [5.41, 5.74) is -0.759. The minimum atomic E-state index is -2.91. The van der Waals surface area contributed by atoms with Crippen molar-refractivity contribution in [2.45, 2.75) is 38.5 Å². The quantitative estimate of drug-likeness (QED) is 0.885. The molecule has 1 N–H and O–H groups in total. The Balaban J connectivity index is 2.17. The second-order valence-electron chi connectivity index (χ2n) is 4.28. The predicted molar refractivity (Wildman–Crippen MR) is 54.1 cm³/mol. The summed E-state index contributed by atoms with van der Waals surface area (Å²) in [6, 6.07) is 0. The molecule has 17 heavy (non-hydrogen) atoms. The van der Waals surface area contributed by atoms with Crippen molar-refractivity contribution in [2.75, 3.05) is 0 Å². The van der Waals surface area contributed by atoms with Gasteiger partial charge in [0.05, 0.1) is 0 Å². The summed E-state index contributed by atoms with van der Waals surface area (Å²) in [6.45, 7) is 0. The van der Waals surface area contributed by atoms with Crippen molar-refractivity contribution in [3.05, 3.63) is 17.3 Å². The Hall–Kier alpha value is -1.46. The van der Waals surface area contributed by atoms with Gasteiger partial charge >= 0.3 is 5.97 Å². The number of nitrogens with zero attached hydrogens (tertiary/aromatic N) is 1. The Bertz CT molecular complexity index is 411. The minimum Gasteiger partial charge on any atom is -0.475 e. The fourth-order valence-corrected chi connectivity index (χ4v) is 2.23. The largest absolute Gasteiger partial charge is 0.475 e. The molecule has 1 saturated carbocycles. The highest BCUT2D eigenvalue weighted by atomic mass is 19.3. The molecule has 0 radical (unpaired) electrons. The monoisotopic (exact) mass is 245 g/mol. The van der Waals surface area contributed by atoms with Gasteiger partial charge in [0.1, 0.15) is 0 Å². The topological polar surface area (TPSA) is 63.3 Å². The highest BCUT2D eigenvalue weighted by Crippen LogP contribution is 2.30. The van der Waals surface area contributed by atoms with Gasteiger partial charge in [-0.15, -0.1) is 0 Å². The van der Waals surface area contributed by atoms with Crippen LogP contribution in [0.3, 0.4) is 0 Å². The van der Waals surface area contributed by atoms with E-state index in [2.05, 4.69) is 4.98 Å². The fraction of sp³-hybridized carbons (Fsp3) is 0.636. The molecule has 6 heteroatoms. The molecule has 1 aliphatic rings. The van der Waals surface area contributed by atoms with Crippen molar-refractivity contribution in [3.63, 3.8) is 0 Å². The lowest BCUT2D eigenvalue weighted by atomic mass is 10.0. The van der Waals surface area contributed by atoms with Crippen LogP contribution >= 0.6 is 0 Å². The van der Waals surface area contributed by atoms with E-state index in [9.17, 15) is 13.6 Å². The Morgan fingerprint density at radius 2 is 2.12 bits per heavy atom. The predicted octanol–water partition coefficient (Wildman–Crippen LogP) is 3.04. The molecule has 0 amide bonds. The number of hydrogen-bond donors (Lipinski definition) is 1. The molecule has 1 aromatic heterocycles. The normalized spacial score (nSPS) is 16.9. The molecule has 94 valence electrons. The van der Waals surface area contributed by atoms with Crippen LogP contribution in [0.15, 0.2) is 4.42 Å².